The normalized spacial score (nSPS) is 17.6. The van der Waals surface area contributed by atoms with E-state index in [0.717, 1.165) is 24.5 Å². The van der Waals surface area contributed by atoms with E-state index in [4.69, 9.17) is 16.6 Å². The summed E-state index contributed by atoms with van der Waals surface area (Å²) in [6.45, 7) is 4.47. The molecule has 1 aromatic rings. The molecule has 1 fully saturated rings. The van der Waals surface area contributed by atoms with Crippen LogP contribution >= 0.6 is 27.5 Å². The van der Waals surface area contributed by atoms with Gasteiger partial charge >= 0.3 is 0 Å². The molecule has 0 radical (unpaired) electrons. The fourth-order valence-corrected chi connectivity index (χ4v) is 4.00. The number of nitrogens with one attached hydrogen (secondary N) is 1. The van der Waals surface area contributed by atoms with Gasteiger partial charge < -0.3 is 5.32 Å². The third kappa shape index (κ3) is 7.42. The van der Waals surface area contributed by atoms with Crippen LogP contribution in [0.3, 0.4) is 0 Å². The van der Waals surface area contributed by atoms with E-state index in [1.807, 2.05) is 0 Å². The van der Waals surface area contributed by atoms with Crippen LogP contribution < -0.4 is 5.32 Å². The summed E-state index contributed by atoms with van der Waals surface area (Å²) in [7, 11) is 0. The molecule has 1 aliphatic carbocycles. The first-order valence-electron chi connectivity index (χ1n) is 10.0. The van der Waals surface area contributed by atoms with Crippen LogP contribution in [-0.2, 0) is 0 Å². The largest absolute Gasteiger partial charge is 0.366 e. The predicted octanol–water partition coefficient (Wildman–Crippen LogP) is 7.10. The van der Waals surface area contributed by atoms with E-state index < -0.39 is 0 Å². The molecule has 0 saturated heterocycles. The summed E-state index contributed by atoms with van der Waals surface area (Å²) >= 11 is 10.0. The van der Waals surface area contributed by atoms with Crippen molar-refractivity contribution in [2.75, 3.05) is 5.32 Å². The highest BCUT2D eigenvalue weighted by Crippen LogP contribution is 2.30. The van der Waals surface area contributed by atoms with Crippen molar-refractivity contribution in [3.05, 3.63) is 17.0 Å². The minimum atomic E-state index is 0.429. The fourth-order valence-electron chi connectivity index (χ4n) is 3.59. The summed E-state index contributed by atoms with van der Waals surface area (Å²) < 4.78 is 0. The van der Waals surface area contributed by atoms with Gasteiger partial charge in [0.15, 0.2) is 0 Å². The molecule has 1 heterocycles. The van der Waals surface area contributed by atoms with Gasteiger partial charge in [0, 0.05) is 16.8 Å². The fraction of sp³-hybridized carbons (Fsp3) is 0.800. The van der Waals surface area contributed by atoms with Gasteiger partial charge in [0.1, 0.15) is 16.7 Å². The quantitative estimate of drug-likeness (QED) is 0.300. The summed E-state index contributed by atoms with van der Waals surface area (Å²) in [5.74, 6) is 2.23. The van der Waals surface area contributed by atoms with Crippen molar-refractivity contribution in [1.82, 2.24) is 9.97 Å². The second kappa shape index (κ2) is 11.4. The summed E-state index contributed by atoms with van der Waals surface area (Å²) in [6.07, 6.45) is 15.4. The van der Waals surface area contributed by atoms with E-state index in [1.165, 1.54) is 57.8 Å². The molecule has 1 N–H and O–H groups in total. The Hall–Kier alpha value is -0.350. The van der Waals surface area contributed by atoms with Gasteiger partial charge in [-0.25, -0.2) is 9.97 Å². The first kappa shape index (κ1) is 21.0. The zero-order valence-corrected chi connectivity index (χ0v) is 18.1. The molecule has 0 aromatic carbocycles. The van der Waals surface area contributed by atoms with E-state index in [1.54, 1.807) is 6.20 Å². The molecule has 1 aliphatic rings. The average molecular weight is 431 g/mol. The van der Waals surface area contributed by atoms with E-state index >= 15 is 0 Å². The van der Waals surface area contributed by atoms with Crippen molar-refractivity contribution in [3.63, 3.8) is 0 Å². The maximum Gasteiger partial charge on any atom is 0.148 e. The lowest BCUT2D eigenvalue weighted by Gasteiger charge is -2.19. The van der Waals surface area contributed by atoms with Crippen molar-refractivity contribution >= 4 is 33.3 Å². The Balaban J connectivity index is 2.05. The molecular weight excluding hydrogens is 398 g/mol. The van der Waals surface area contributed by atoms with Crippen molar-refractivity contribution in [3.8, 4) is 0 Å². The first-order valence-corrected chi connectivity index (χ1v) is 11.3. The van der Waals surface area contributed by atoms with Crippen molar-refractivity contribution in [2.24, 2.45) is 0 Å². The zero-order chi connectivity index (χ0) is 18.1. The molecular formula is C20H33BrClN3. The Labute approximate surface area is 166 Å². The van der Waals surface area contributed by atoms with Gasteiger partial charge in [-0.15, -0.1) is 0 Å². The van der Waals surface area contributed by atoms with E-state index in [2.05, 4.69) is 40.1 Å². The summed E-state index contributed by atoms with van der Waals surface area (Å²) in [5, 5.41) is 4.20. The number of alkyl halides is 1. The van der Waals surface area contributed by atoms with E-state index in [0.29, 0.717) is 21.8 Å². The number of rotatable bonds is 11. The number of aromatic nitrogens is 2. The average Bonchev–Trinajstić information content (AvgIpc) is 3.09. The van der Waals surface area contributed by atoms with Gasteiger partial charge in [-0.2, -0.15) is 0 Å². The number of halogens is 2. The zero-order valence-electron chi connectivity index (χ0n) is 15.7. The molecule has 142 valence electrons. The second-order valence-electron chi connectivity index (χ2n) is 7.45. The topological polar surface area (TPSA) is 37.8 Å². The third-order valence-corrected chi connectivity index (χ3v) is 5.88. The number of unbranched alkanes of at least 4 members (excludes halogenated alkanes) is 3. The van der Waals surface area contributed by atoms with Gasteiger partial charge in [0.2, 0.25) is 0 Å². The molecule has 5 heteroatoms. The molecule has 3 nitrogen and oxygen atoms in total. The molecule has 0 spiro atoms. The first-order chi connectivity index (χ1) is 12.1. The van der Waals surface area contributed by atoms with Crippen LogP contribution in [0.1, 0.15) is 96.2 Å². The molecule has 1 saturated carbocycles. The summed E-state index contributed by atoms with van der Waals surface area (Å²) in [4.78, 5) is 9.97. The Morgan fingerprint density at radius 1 is 1.20 bits per heavy atom. The predicted molar refractivity (Wildman–Crippen MR) is 112 cm³/mol. The van der Waals surface area contributed by atoms with Crippen LogP contribution in [0.2, 0.25) is 5.02 Å². The highest BCUT2D eigenvalue weighted by molar-refractivity contribution is 9.09. The lowest BCUT2D eigenvalue weighted by atomic mass is 9.94. The Bertz CT molecular complexity index is 504. The molecule has 0 bridgehead atoms. The maximum absolute atomic E-state index is 6.36. The Morgan fingerprint density at radius 3 is 2.64 bits per heavy atom. The van der Waals surface area contributed by atoms with Crippen molar-refractivity contribution in [2.45, 2.75) is 101 Å². The van der Waals surface area contributed by atoms with Crippen LogP contribution in [0.25, 0.3) is 0 Å². The minimum absolute atomic E-state index is 0.429. The van der Waals surface area contributed by atoms with Crippen LogP contribution in [-0.4, -0.2) is 20.8 Å². The second-order valence-corrected chi connectivity index (χ2v) is 9.43. The molecule has 2 unspecified atom stereocenters. The summed E-state index contributed by atoms with van der Waals surface area (Å²) in [6, 6.07) is 0.519. The van der Waals surface area contributed by atoms with Gasteiger partial charge in [0.25, 0.3) is 0 Å². The third-order valence-electron chi connectivity index (χ3n) is 5.14. The van der Waals surface area contributed by atoms with Crippen LogP contribution in [0.5, 0.6) is 0 Å². The Morgan fingerprint density at radius 2 is 1.96 bits per heavy atom. The smallest absolute Gasteiger partial charge is 0.148 e. The van der Waals surface area contributed by atoms with E-state index in [9.17, 15) is 0 Å². The number of nitrogens with zero attached hydrogens (tertiary/aromatic N) is 2. The van der Waals surface area contributed by atoms with Crippen LogP contribution in [0, 0.1) is 0 Å². The number of anilines is 1. The van der Waals surface area contributed by atoms with Crippen LogP contribution in [0.4, 0.5) is 5.82 Å². The highest BCUT2D eigenvalue weighted by Gasteiger charge is 2.20. The van der Waals surface area contributed by atoms with Crippen LogP contribution in [0.15, 0.2) is 6.20 Å². The maximum atomic E-state index is 6.36. The standard InChI is InChI=1S/C20H33BrClN3/c1-3-4-5-6-9-16(13-12-15(2)21)19-23-14-18(22)20(25-19)24-17-10-7-8-11-17/h14-17H,3-13H2,1-2H3,(H,23,24,25). The molecule has 0 aliphatic heterocycles. The molecule has 2 rings (SSSR count). The monoisotopic (exact) mass is 429 g/mol. The number of hydrogen-bond acceptors (Lipinski definition) is 3. The number of hydrogen-bond donors (Lipinski definition) is 1. The SMILES string of the molecule is CCCCCCC(CCC(C)Br)c1ncc(Cl)c(NC2CCCC2)n1. The molecule has 0 amide bonds. The van der Waals surface area contributed by atoms with Gasteiger partial charge in [-0.05, 0) is 32.1 Å². The van der Waals surface area contributed by atoms with E-state index in [-0.39, 0.29) is 0 Å². The van der Waals surface area contributed by atoms with Gasteiger partial charge in [-0.1, -0.05) is 79.9 Å². The molecule has 25 heavy (non-hydrogen) atoms. The lowest BCUT2D eigenvalue weighted by molar-refractivity contribution is 0.493. The molecule has 1 aromatic heterocycles. The molecule has 2 atom stereocenters. The minimum Gasteiger partial charge on any atom is -0.366 e. The summed E-state index contributed by atoms with van der Waals surface area (Å²) in [5.41, 5.74) is 0. The van der Waals surface area contributed by atoms with Gasteiger partial charge in [-0.3, -0.25) is 0 Å². The van der Waals surface area contributed by atoms with Crippen molar-refractivity contribution < 1.29 is 0 Å². The highest BCUT2D eigenvalue weighted by atomic mass is 79.9. The van der Waals surface area contributed by atoms with Gasteiger partial charge in [0.05, 0.1) is 6.20 Å². The Kier molecular flexibility index (Phi) is 9.54. The lowest BCUT2D eigenvalue weighted by Crippen LogP contribution is -2.17. The van der Waals surface area contributed by atoms with Crippen molar-refractivity contribution in [1.29, 1.82) is 0 Å².